The van der Waals surface area contributed by atoms with Crippen LogP contribution in [0.4, 0.5) is 18.9 Å². The second kappa shape index (κ2) is 4.59. The van der Waals surface area contributed by atoms with Crippen LogP contribution < -0.4 is 9.46 Å². The summed E-state index contributed by atoms with van der Waals surface area (Å²) in [6.45, 7) is 0. The zero-order valence-corrected chi connectivity index (χ0v) is 10.8. The number of nitrogens with one attached hydrogen (secondary N) is 1. The van der Waals surface area contributed by atoms with Gasteiger partial charge in [0.1, 0.15) is 11.4 Å². The normalized spacial score (nSPS) is 16.2. The third-order valence-corrected chi connectivity index (χ3v) is 3.01. The largest absolute Gasteiger partial charge is 0.488 e. The number of para-hydroxylation sites is 1. The van der Waals surface area contributed by atoms with Gasteiger partial charge in [-0.05, 0) is 25.0 Å². The topological polar surface area (TPSA) is 55.4 Å². The maximum Gasteiger partial charge on any atom is 0.418 e. The molecular formula is C11H12F3NO3S. The van der Waals surface area contributed by atoms with E-state index in [4.69, 9.17) is 4.74 Å². The van der Waals surface area contributed by atoms with Crippen LogP contribution in [0.15, 0.2) is 18.2 Å². The van der Waals surface area contributed by atoms with E-state index in [0.29, 0.717) is 0 Å². The lowest BCUT2D eigenvalue weighted by Crippen LogP contribution is -2.17. The van der Waals surface area contributed by atoms with Crippen LogP contribution in [0, 0.1) is 0 Å². The first-order valence-electron chi connectivity index (χ1n) is 5.51. The smallest absolute Gasteiger partial charge is 0.418 e. The molecule has 1 saturated carbocycles. The Balaban J connectivity index is 2.47. The van der Waals surface area contributed by atoms with E-state index in [-0.39, 0.29) is 11.9 Å². The molecular weight excluding hydrogens is 283 g/mol. The molecule has 2 rings (SSSR count). The van der Waals surface area contributed by atoms with Crippen molar-refractivity contribution in [1.29, 1.82) is 0 Å². The minimum Gasteiger partial charge on any atom is -0.488 e. The van der Waals surface area contributed by atoms with Crippen LogP contribution in [0.1, 0.15) is 18.4 Å². The first-order chi connectivity index (χ1) is 8.67. The number of hydrogen-bond acceptors (Lipinski definition) is 3. The third kappa shape index (κ3) is 3.76. The van der Waals surface area contributed by atoms with Crippen molar-refractivity contribution >= 4 is 15.7 Å². The molecule has 0 bridgehead atoms. The number of halogens is 3. The molecule has 8 heteroatoms. The Bertz CT molecular complexity index is 579. The van der Waals surface area contributed by atoms with Crippen molar-refractivity contribution < 1.29 is 26.3 Å². The Hall–Kier alpha value is -1.44. The van der Waals surface area contributed by atoms with E-state index >= 15 is 0 Å². The molecule has 4 nitrogen and oxygen atoms in total. The number of alkyl halides is 3. The van der Waals surface area contributed by atoms with Gasteiger partial charge in [0.05, 0.1) is 17.9 Å². The van der Waals surface area contributed by atoms with Crippen molar-refractivity contribution in [2.24, 2.45) is 0 Å². The predicted octanol–water partition coefficient (Wildman–Crippen LogP) is 2.62. The van der Waals surface area contributed by atoms with Gasteiger partial charge in [-0.2, -0.15) is 13.2 Å². The SMILES string of the molecule is CS(=O)(=O)Nc1c(OC2CC2)cccc1C(F)(F)F. The van der Waals surface area contributed by atoms with Gasteiger partial charge in [-0.3, -0.25) is 4.72 Å². The van der Waals surface area contributed by atoms with Gasteiger partial charge in [0.15, 0.2) is 0 Å². The van der Waals surface area contributed by atoms with Crippen LogP contribution in [-0.2, 0) is 16.2 Å². The van der Waals surface area contributed by atoms with Crippen LogP contribution in [0.2, 0.25) is 0 Å². The van der Waals surface area contributed by atoms with Crippen LogP contribution in [-0.4, -0.2) is 20.8 Å². The van der Waals surface area contributed by atoms with E-state index < -0.39 is 27.5 Å². The van der Waals surface area contributed by atoms with Gasteiger partial charge < -0.3 is 4.74 Å². The lowest BCUT2D eigenvalue weighted by atomic mass is 10.1. The Morgan fingerprint density at radius 3 is 2.42 bits per heavy atom. The minimum atomic E-state index is -4.66. The molecule has 0 spiro atoms. The second-order valence-corrected chi connectivity index (χ2v) is 6.12. The molecule has 19 heavy (non-hydrogen) atoms. The average molecular weight is 295 g/mol. The van der Waals surface area contributed by atoms with E-state index in [1.165, 1.54) is 12.1 Å². The first kappa shape index (κ1) is 14.0. The van der Waals surface area contributed by atoms with Crippen molar-refractivity contribution in [3.63, 3.8) is 0 Å². The fraction of sp³-hybridized carbons (Fsp3) is 0.455. The van der Waals surface area contributed by atoms with Gasteiger partial charge in [-0.25, -0.2) is 8.42 Å². The zero-order chi connectivity index (χ0) is 14.3. The summed E-state index contributed by atoms with van der Waals surface area (Å²) in [5.74, 6) is -0.0947. The molecule has 1 N–H and O–H groups in total. The summed E-state index contributed by atoms with van der Waals surface area (Å²) in [6, 6.07) is 3.32. The molecule has 0 aromatic heterocycles. The molecule has 1 aliphatic carbocycles. The Morgan fingerprint density at radius 2 is 1.95 bits per heavy atom. The van der Waals surface area contributed by atoms with Gasteiger partial charge in [0.2, 0.25) is 10.0 Å². The number of ether oxygens (including phenoxy) is 1. The van der Waals surface area contributed by atoms with E-state index in [1.54, 1.807) is 0 Å². The quantitative estimate of drug-likeness (QED) is 0.929. The monoisotopic (exact) mass is 295 g/mol. The Morgan fingerprint density at radius 1 is 1.32 bits per heavy atom. The van der Waals surface area contributed by atoms with E-state index in [0.717, 1.165) is 25.2 Å². The predicted molar refractivity (Wildman–Crippen MR) is 63.6 cm³/mol. The summed E-state index contributed by atoms with van der Waals surface area (Å²) in [5, 5.41) is 0. The van der Waals surface area contributed by atoms with Crippen LogP contribution >= 0.6 is 0 Å². The number of benzene rings is 1. The maximum absolute atomic E-state index is 12.9. The number of anilines is 1. The van der Waals surface area contributed by atoms with Gasteiger partial charge >= 0.3 is 6.18 Å². The molecule has 0 unspecified atom stereocenters. The van der Waals surface area contributed by atoms with E-state index in [2.05, 4.69) is 0 Å². The summed E-state index contributed by atoms with van der Waals surface area (Å²) >= 11 is 0. The number of hydrogen-bond donors (Lipinski definition) is 1. The molecule has 0 aliphatic heterocycles. The van der Waals surface area contributed by atoms with Crippen LogP contribution in [0.3, 0.4) is 0 Å². The maximum atomic E-state index is 12.9. The summed E-state index contributed by atoms with van der Waals surface area (Å²) in [4.78, 5) is 0. The molecule has 0 saturated heterocycles. The lowest BCUT2D eigenvalue weighted by Gasteiger charge is -2.17. The standard InChI is InChI=1S/C11H12F3NO3S/c1-19(16,17)15-10-8(11(12,13)14)3-2-4-9(10)18-7-5-6-7/h2-4,7,15H,5-6H2,1H3. The van der Waals surface area contributed by atoms with Gasteiger partial charge in [-0.1, -0.05) is 6.07 Å². The molecule has 0 heterocycles. The zero-order valence-electron chi connectivity index (χ0n) is 9.99. The van der Waals surface area contributed by atoms with Crippen molar-refractivity contribution in [1.82, 2.24) is 0 Å². The summed E-state index contributed by atoms with van der Waals surface area (Å²) in [7, 11) is -3.83. The van der Waals surface area contributed by atoms with Gasteiger partial charge in [0, 0.05) is 0 Å². The molecule has 0 amide bonds. The highest BCUT2D eigenvalue weighted by molar-refractivity contribution is 7.92. The summed E-state index contributed by atoms with van der Waals surface area (Å²) in [6.07, 6.45) is -2.48. The average Bonchev–Trinajstić information content (AvgIpc) is 3.00. The van der Waals surface area contributed by atoms with E-state index in [9.17, 15) is 21.6 Å². The van der Waals surface area contributed by atoms with Crippen molar-refractivity contribution in [2.75, 3.05) is 11.0 Å². The third-order valence-electron chi connectivity index (χ3n) is 2.44. The molecule has 1 aromatic rings. The van der Waals surface area contributed by atoms with Gasteiger partial charge in [0.25, 0.3) is 0 Å². The Kier molecular flexibility index (Phi) is 3.38. The lowest BCUT2D eigenvalue weighted by molar-refractivity contribution is -0.137. The van der Waals surface area contributed by atoms with Crippen molar-refractivity contribution in [3.05, 3.63) is 23.8 Å². The first-order valence-corrected chi connectivity index (χ1v) is 7.40. The molecule has 0 atom stereocenters. The van der Waals surface area contributed by atoms with Crippen molar-refractivity contribution in [3.8, 4) is 5.75 Å². The van der Waals surface area contributed by atoms with Crippen molar-refractivity contribution in [2.45, 2.75) is 25.1 Å². The fourth-order valence-electron chi connectivity index (χ4n) is 1.52. The summed E-state index contributed by atoms with van der Waals surface area (Å²) < 4.78 is 68.2. The van der Waals surface area contributed by atoms with Gasteiger partial charge in [-0.15, -0.1) is 0 Å². The minimum absolute atomic E-state index is 0.0947. The fourth-order valence-corrected chi connectivity index (χ4v) is 2.10. The van der Waals surface area contributed by atoms with E-state index in [1.807, 2.05) is 4.72 Å². The Labute approximate surface area is 108 Å². The molecule has 1 aromatic carbocycles. The molecule has 1 fully saturated rings. The molecule has 1 aliphatic rings. The summed E-state index contributed by atoms with van der Waals surface area (Å²) in [5.41, 5.74) is -1.61. The number of rotatable bonds is 4. The van der Waals surface area contributed by atoms with Crippen LogP contribution in [0.25, 0.3) is 0 Å². The highest BCUT2D eigenvalue weighted by atomic mass is 32.2. The number of sulfonamides is 1. The highest BCUT2D eigenvalue weighted by Crippen LogP contribution is 2.41. The highest BCUT2D eigenvalue weighted by Gasteiger charge is 2.36. The second-order valence-electron chi connectivity index (χ2n) is 4.37. The molecule has 106 valence electrons. The van der Waals surface area contributed by atoms with Crippen LogP contribution in [0.5, 0.6) is 5.75 Å². The molecule has 0 radical (unpaired) electrons.